The Morgan fingerprint density at radius 3 is 2.60 bits per heavy atom. The van der Waals surface area contributed by atoms with Crippen LogP contribution in [0.4, 0.5) is 5.95 Å². The molecule has 0 aliphatic rings. The minimum absolute atomic E-state index is 0.0276. The van der Waals surface area contributed by atoms with Gasteiger partial charge in [-0.25, -0.2) is 4.98 Å². The van der Waals surface area contributed by atoms with Gasteiger partial charge < -0.3 is 20.1 Å². The molecule has 3 rings (SSSR count). The van der Waals surface area contributed by atoms with E-state index in [2.05, 4.69) is 15.4 Å². The third-order valence-electron chi connectivity index (χ3n) is 4.52. The molecule has 0 fully saturated rings. The van der Waals surface area contributed by atoms with Crippen LogP contribution in [0.15, 0.2) is 18.2 Å². The number of aryl methyl sites for hydroxylation is 3. The van der Waals surface area contributed by atoms with Gasteiger partial charge in [-0.3, -0.25) is 24.4 Å². The standard InChI is InChI=1S/C19H22N6O5/c1-4-25-13(7-10(2)23-25)18(29)22-19-21-12-8-11(17(20)28)9-14(30-3)16(12)24(19)6-5-15(26)27/h7-9H,4-6H2,1-3H3,(H2,20,28)(H,26,27)(H,21,22,29). The normalized spacial score (nSPS) is 10.9. The van der Waals surface area contributed by atoms with Crippen molar-refractivity contribution in [3.8, 4) is 5.75 Å². The van der Waals surface area contributed by atoms with Crippen molar-refractivity contribution in [1.29, 1.82) is 0 Å². The first-order valence-electron chi connectivity index (χ1n) is 9.20. The molecule has 0 saturated carbocycles. The summed E-state index contributed by atoms with van der Waals surface area (Å²) in [5, 5.41) is 16.1. The number of anilines is 1. The fourth-order valence-corrected chi connectivity index (χ4v) is 3.18. The van der Waals surface area contributed by atoms with E-state index in [1.54, 1.807) is 17.7 Å². The number of hydrogen-bond acceptors (Lipinski definition) is 6. The number of nitrogens with one attached hydrogen (secondary N) is 1. The number of carboxylic acid groups (broad SMARTS) is 1. The van der Waals surface area contributed by atoms with Crippen LogP contribution in [0.1, 0.15) is 39.9 Å². The number of hydrogen-bond donors (Lipinski definition) is 3. The maximum absolute atomic E-state index is 12.9. The number of carboxylic acids is 1. The molecule has 4 N–H and O–H groups in total. The van der Waals surface area contributed by atoms with Crippen molar-refractivity contribution < 1.29 is 24.2 Å². The molecule has 11 nitrogen and oxygen atoms in total. The maximum Gasteiger partial charge on any atom is 0.305 e. The molecule has 0 aliphatic carbocycles. The number of amides is 2. The van der Waals surface area contributed by atoms with Gasteiger partial charge in [0, 0.05) is 18.7 Å². The van der Waals surface area contributed by atoms with Gasteiger partial charge in [0.05, 0.1) is 24.7 Å². The molecule has 2 aromatic heterocycles. The van der Waals surface area contributed by atoms with Crippen LogP contribution in [0.2, 0.25) is 0 Å². The highest BCUT2D eigenvalue weighted by Crippen LogP contribution is 2.31. The number of methoxy groups -OCH3 is 1. The van der Waals surface area contributed by atoms with Gasteiger partial charge >= 0.3 is 5.97 Å². The molecule has 0 radical (unpaired) electrons. The van der Waals surface area contributed by atoms with Gasteiger partial charge in [0.15, 0.2) is 0 Å². The number of nitrogens with zero attached hydrogens (tertiary/aromatic N) is 4. The molecule has 30 heavy (non-hydrogen) atoms. The summed E-state index contributed by atoms with van der Waals surface area (Å²) in [7, 11) is 1.41. The average Bonchev–Trinajstić information content (AvgIpc) is 3.24. The molecule has 0 spiro atoms. The molecule has 0 atom stereocenters. The fourth-order valence-electron chi connectivity index (χ4n) is 3.18. The summed E-state index contributed by atoms with van der Waals surface area (Å²) in [6.45, 7) is 4.17. The Hall–Kier alpha value is -3.89. The summed E-state index contributed by atoms with van der Waals surface area (Å²) in [6, 6.07) is 4.56. The van der Waals surface area contributed by atoms with E-state index in [0.717, 1.165) is 0 Å². The number of benzene rings is 1. The molecular formula is C19H22N6O5. The van der Waals surface area contributed by atoms with Crippen molar-refractivity contribution in [2.45, 2.75) is 33.4 Å². The average molecular weight is 414 g/mol. The topological polar surface area (TPSA) is 154 Å². The Kier molecular flexibility index (Phi) is 5.72. The van der Waals surface area contributed by atoms with E-state index in [4.69, 9.17) is 15.6 Å². The van der Waals surface area contributed by atoms with Crippen molar-refractivity contribution in [2.75, 3.05) is 12.4 Å². The maximum atomic E-state index is 12.9. The predicted octanol–water partition coefficient (Wildman–Crippen LogP) is 1.40. The fraction of sp³-hybridized carbons (Fsp3) is 0.316. The largest absolute Gasteiger partial charge is 0.494 e. The molecule has 2 amide bonds. The molecule has 158 valence electrons. The molecule has 0 bridgehead atoms. The Morgan fingerprint density at radius 1 is 1.27 bits per heavy atom. The second-order valence-electron chi connectivity index (χ2n) is 6.58. The van der Waals surface area contributed by atoms with Crippen LogP contribution in [-0.2, 0) is 17.9 Å². The summed E-state index contributed by atoms with van der Waals surface area (Å²) in [5.41, 5.74) is 7.37. The number of nitrogens with two attached hydrogens (primary N) is 1. The summed E-state index contributed by atoms with van der Waals surface area (Å²) >= 11 is 0. The molecular weight excluding hydrogens is 392 g/mol. The van der Waals surface area contributed by atoms with Crippen molar-refractivity contribution in [2.24, 2.45) is 5.73 Å². The minimum Gasteiger partial charge on any atom is -0.494 e. The zero-order chi connectivity index (χ0) is 22.0. The number of rotatable bonds is 8. The van der Waals surface area contributed by atoms with Gasteiger partial charge in [-0.1, -0.05) is 0 Å². The van der Waals surface area contributed by atoms with Crippen molar-refractivity contribution in [3.63, 3.8) is 0 Å². The molecule has 2 heterocycles. The van der Waals surface area contributed by atoms with Crippen LogP contribution in [0, 0.1) is 6.92 Å². The lowest BCUT2D eigenvalue weighted by atomic mass is 10.1. The first kappa shape index (κ1) is 20.8. The van der Waals surface area contributed by atoms with Gasteiger partial charge in [0.1, 0.15) is 17.0 Å². The van der Waals surface area contributed by atoms with Gasteiger partial charge in [0.2, 0.25) is 11.9 Å². The number of ether oxygens (including phenoxy) is 1. The first-order chi connectivity index (χ1) is 14.2. The Bertz CT molecular complexity index is 1150. The van der Waals surface area contributed by atoms with Crippen LogP contribution in [0.3, 0.4) is 0 Å². The summed E-state index contributed by atoms with van der Waals surface area (Å²) in [5.74, 6) is -1.71. The number of aromatic nitrogens is 4. The number of fused-ring (bicyclic) bond motifs is 1. The Labute approximate surface area is 171 Å². The summed E-state index contributed by atoms with van der Waals surface area (Å²) < 4.78 is 8.45. The smallest absolute Gasteiger partial charge is 0.305 e. The number of carbonyl (C=O) groups excluding carboxylic acids is 2. The third kappa shape index (κ3) is 3.95. The third-order valence-corrected chi connectivity index (χ3v) is 4.52. The van der Waals surface area contributed by atoms with Crippen LogP contribution < -0.4 is 15.8 Å². The van der Waals surface area contributed by atoms with Gasteiger partial charge in [-0.05, 0) is 32.0 Å². The molecule has 3 aromatic rings. The van der Waals surface area contributed by atoms with Crippen LogP contribution in [0.25, 0.3) is 11.0 Å². The summed E-state index contributed by atoms with van der Waals surface area (Å²) in [6.07, 6.45) is -0.207. The van der Waals surface area contributed by atoms with Crippen molar-refractivity contribution >= 4 is 34.8 Å². The van der Waals surface area contributed by atoms with Gasteiger partial charge in [-0.2, -0.15) is 5.10 Å². The second kappa shape index (κ2) is 8.23. The van der Waals surface area contributed by atoms with Crippen LogP contribution in [0.5, 0.6) is 5.75 Å². The minimum atomic E-state index is -1.01. The van der Waals surface area contributed by atoms with E-state index in [9.17, 15) is 14.4 Å². The zero-order valence-electron chi connectivity index (χ0n) is 16.8. The molecule has 11 heteroatoms. The SMILES string of the molecule is CCn1nc(C)cc1C(=O)Nc1nc2cc(C(N)=O)cc(OC)c2n1CCC(=O)O. The highest BCUT2D eigenvalue weighted by atomic mass is 16.5. The number of primary amides is 1. The van der Waals surface area contributed by atoms with Crippen molar-refractivity contribution in [1.82, 2.24) is 19.3 Å². The van der Waals surface area contributed by atoms with E-state index in [1.165, 1.54) is 23.8 Å². The van der Waals surface area contributed by atoms with E-state index < -0.39 is 17.8 Å². The summed E-state index contributed by atoms with van der Waals surface area (Å²) in [4.78, 5) is 40.0. The van der Waals surface area contributed by atoms with Crippen LogP contribution in [-0.4, -0.2) is 49.3 Å². The predicted molar refractivity (Wildman–Crippen MR) is 108 cm³/mol. The lowest BCUT2D eigenvalue weighted by Crippen LogP contribution is -2.20. The van der Waals surface area contributed by atoms with E-state index >= 15 is 0 Å². The zero-order valence-corrected chi connectivity index (χ0v) is 16.8. The van der Waals surface area contributed by atoms with E-state index in [1.807, 2.05) is 6.92 Å². The van der Waals surface area contributed by atoms with Crippen LogP contribution >= 0.6 is 0 Å². The number of imidazole rings is 1. The molecule has 0 saturated heterocycles. The number of aliphatic carboxylic acids is 1. The second-order valence-corrected chi connectivity index (χ2v) is 6.58. The van der Waals surface area contributed by atoms with Crippen molar-refractivity contribution in [3.05, 3.63) is 35.2 Å². The monoisotopic (exact) mass is 414 g/mol. The highest BCUT2D eigenvalue weighted by molar-refractivity contribution is 6.04. The van der Waals surface area contributed by atoms with E-state index in [-0.39, 0.29) is 30.2 Å². The van der Waals surface area contributed by atoms with E-state index in [0.29, 0.717) is 29.0 Å². The Balaban J connectivity index is 2.11. The molecule has 1 aromatic carbocycles. The molecule has 0 aliphatic heterocycles. The molecule has 0 unspecified atom stereocenters. The lowest BCUT2D eigenvalue weighted by Gasteiger charge is -2.11. The lowest BCUT2D eigenvalue weighted by molar-refractivity contribution is -0.137. The number of carbonyl (C=O) groups is 3. The van der Waals surface area contributed by atoms with Gasteiger partial charge in [-0.15, -0.1) is 0 Å². The Morgan fingerprint density at radius 2 is 2.00 bits per heavy atom. The first-order valence-corrected chi connectivity index (χ1v) is 9.20. The highest BCUT2D eigenvalue weighted by Gasteiger charge is 2.21. The van der Waals surface area contributed by atoms with Gasteiger partial charge in [0.25, 0.3) is 5.91 Å². The quantitative estimate of drug-likeness (QED) is 0.503.